The van der Waals surface area contributed by atoms with Gasteiger partial charge in [-0.25, -0.2) is 4.98 Å². The third-order valence-corrected chi connectivity index (χ3v) is 4.12. The summed E-state index contributed by atoms with van der Waals surface area (Å²) >= 11 is 0. The molecule has 158 valence electrons. The number of carbonyl (C=O) groups is 1. The molecule has 2 N–H and O–H groups in total. The minimum absolute atomic E-state index is 0.0302. The maximum absolute atomic E-state index is 12.6. The number of carbonyl (C=O) groups excluding carboxylic acids is 1. The van der Waals surface area contributed by atoms with Crippen LogP contribution in [0.25, 0.3) is 11.3 Å². The molecule has 3 rings (SSSR count). The third kappa shape index (κ3) is 6.07. The van der Waals surface area contributed by atoms with Crippen molar-refractivity contribution in [2.45, 2.75) is 32.0 Å². The molecule has 1 amide bonds. The molecular weight excluding hydrogens is 397 g/mol. The smallest absolute Gasteiger partial charge is 0.422 e. The van der Waals surface area contributed by atoms with Crippen LogP contribution in [-0.2, 0) is 6.42 Å². The van der Waals surface area contributed by atoms with Gasteiger partial charge in [-0.05, 0) is 26.0 Å². The number of benzene rings is 1. The van der Waals surface area contributed by atoms with E-state index < -0.39 is 24.2 Å². The predicted octanol–water partition coefficient (Wildman–Crippen LogP) is 4.16. The van der Waals surface area contributed by atoms with Crippen LogP contribution in [-0.4, -0.2) is 39.4 Å². The van der Waals surface area contributed by atoms with Crippen LogP contribution in [0.1, 0.15) is 30.0 Å². The molecule has 9 heteroatoms. The molecule has 0 radical (unpaired) electrons. The summed E-state index contributed by atoms with van der Waals surface area (Å²) < 4.78 is 41.5. The molecule has 0 aliphatic carbocycles. The molecule has 2 heterocycles. The Balaban J connectivity index is 1.64. The van der Waals surface area contributed by atoms with Gasteiger partial charge in [0.25, 0.3) is 5.91 Å². The SMILES string of the molecule is CC(C)(Cc1cc(-c2ccccc2)n[nH]1)NC(=O)c1cccc(OCC(F)(F)F)n1. The predicted molar refractivity (Wildman–Crippen MR) is 105 cm³/mol. The topological polar surface area (TPSA) is 79.9 Å². The highest BCUT2D eigenvalue weighted by atomic mass is 19.4. The molecule has 2 aromatic heterocycles. The number of ether oxygens (including phenoxy) is 1. The molecule has 0 atom stereocenters. The van der Waals surface area contributed by atoms with Gasteiger partial charge in [-0.2, -0.15) is 18.3 Å². The van der Waals surface area contributed by atoms with Crippen LogP contribution < -0.4 is 10.1 Å². The van der Waals surface area contributed by atoms with Crippen molar-refractivity contribution < 1.29 is 22.7 Å². The molecule has 6 nitrogen and oxygen atoms in total. The van der Waals surface area contributed by atoms with E-state index >= 15 is 0 Å². The van der Waals surface area contributed by atoms with E-state index in [-0.39, 0.29) is 11.6 Å². The van der Waals surface area contributed by atoms with Gasteiger partial charge in [0.15, 0.2) is 6.61 Å². The van der Waals surface area contributed by atoms with Gasteiger partial charge in [0.1, 0.15) is 5.69 Å². The summed E-state index contributed by atoms with van der Waals surface area (Å²) in [7, 11) is 0. The van der Waals surface area contributed by atoms with E-state index in [1.165, 1.54) is 18.2 Å². The number of amides is 1. The number of nitrogens with one attached hydrogen (secondary N) is 2. The van der Waals surface area contributed by atoms with Crippen molar-refractivity contribution in [1.82, 2.24) is 20.5 Å². The van der Waals surface area contributed by atoms with Crippen molar-refractivity contribution in [1.29, 1.82) is 0 Å². The Hall–Kier alpha value is -3.36. The summed E-state index contributed by atoms with van der Waals surface area (Å²) in [5, 5.41) is 10.1. The van der Waals surface area contributed by atoms with Crippen LogP contribution in [0.2, 0.25) is 0 Å². The summed E-state index contributed by atoms with van der Waals surface area (Å²) in [6, 6.07) is 15.7. The van der Waals surface area contributed by atoms with Crippen LogP contribution in [0.3, 0.4) is 0 Å². The molecule has 0 unspecified atom stereocenters. The average Bonchev–Trinajstić information content (AvgIpc) is 3.14. The fourth-order valence-electron chi connectivity index (χ4n) is 2.88. The van der Waals surface area contributed by atoms with Crippen molar-refractivity contribution in [3.63, 3.8) is 0 Å². The molecule has 0 aliphatic heterocycles. The normalized spacial score (nSPS) is 11.9. The number of aromatic nitrogens is 3. The minimum atomic E-state index is -4.48. The summed E-state index contributed by atoms with van der Waals surface area (Å²) in [6.45, 7) is 2.19. The molecule has 30 heavy (non-hydrogen) atoms. The summed E-state index contributed by atoms with van der Waals surface area (Å²) in [5.41, 5.74) is 1.90. The number of alkyl halides is 3. The van der Waals surface area contributed by atoms with E-state index in [2.05, 4.69) is 25.2 Å². The number of rotatable bonds is 7. The van der Waals surface area contributed by atoms with Crippen LogP contribution in [0.15, 0.2) is 54.6 Å². The number of H-pyrrole nitrogens is 1. The molecule has 0 spiro atoms. The molecule has 3 aromatic rings. The monoisotopic (exact) mass is 418 g/mol. The lowest BCUT2D eigenvalue weighted by Crippen LogP contribution is -2.45. The van der Waals surface area contributed by atoms with E-state index in [1.54, 1.807) is 0 Å². The fourth-order valence-corrected chi connectivity index (χ4v) is 2.88. The van der Waals surface area contributed by atoms with Crippen molar-refractivity contribution in [3.8, 4) is 17.1 Å². The zero-order valence-electron chi connectivity index (χ0n) is 16.5. The van der Waals surface area contributed by atoms with Crippen LogP contribution in [0.4, 0.5) is 13.2 Å². The Kier molecular flexibility index (Phi) is 6.09. The van der Waals surface area contributed by atoms with E-state index in [0.717, 1.165) is 17.0 Å². The first-order valence-corrected chi connectivity index (χ1v) is 9.20. The largest absolute Gasteiger partial charge is 0.468 e. The standard InChI is InChI=1S/C21H21F3N4O2/c1-20(2,12-15-11-17(28-27-15)14-7-4-3-5-8-14)26-19(29)16-9-6-10-18(25-16)30-13-21(22,23)24/h3-11H,12-13H2,1-2H3,(H,26,29)(H,27,28). The van der Waals surface area contributed by atoms with E-state index in [4.69, 9.17) is 0 Å². The van der Waals surface area contributed by atoms with E-state index in [9.17, 15) is 18.0 Å². The third-order valence-electron chi connectivity index (χ3n) is 4.12. The molecule has 0 saturated heterocycles. The van der Waals surface area contributed by atoms with Crippen molar-refractivity contribution in [3.05, 3.63) is 66.0 Å². The summed E-state index contributed by atoms with van der Waals surface area (Å²) in [4.78, 5) is 16.4. The van der Waals surface area contributed by atoms with Crippen LogP contribution in [0.5, 0.6) is 5.88 Å². The fraction of sp³-hybridized carbons (Fsp3) is 0.286. The highest BCUT2D eigenvalue weighted by molar-refractivity contribution is 5.92. The number of halogens is 3. The lowest BCUT2D eigenvalue weighted by Gasteiger charge is -2.25. The number of hydrogen-bond donors (Lipinski definition) is 2. The maximum Gasteiger partial charge on any atom is 0.422 e. The first-order valence-electron chi connectivity index (χ1n) is 9.20. The molecule has 0 saturated carbocycles. The van der Waals surface area contributed by atoms with Gasteiger partial charge >= 0.3 is 6.18 Å². The highest BCUT2D eigenvalue weighted by Gasteiger charge is 2.29. The highest BCUT2D eigenvalue weighted by Crippen LogP contribution is 2.20. The zero-order chi connectivity index (χ0) is 21.8. The summed E-state index contributed by atoms with van der Waals surface area (Å²) in [5.74, 6) is -0.779. The van der Waals surface area contributed by atoms with E-state index in [1.807, 2.05) is 50.2 Å². The maximum atomic E-state index is 12.6. The average molecular weight is 418 g/mol. The van der Waals surface area contributed by atoms with Gasteiger partial charge in [0.05, 0.1) is 5.69 Å². The lowest BCUT2D eigenvalue weighted by molar-refractivity contribution is -0.154. The van der Waals surface area contributed by atoms with Gasteiger partial charge in [0.2, 0.25) is 5.88 Å². The molecule has 1 aromatic carbocycles. The van der Waals surface area contributed by atoms with Gasteiger partial charge in [-0.1, -0.05) is 36.4 Å². The Labute approximate surface area is 171 Å². The minimum Gasteiger partial charge on any atom is -0.468 e. The van der Waals surface area contributed by atoms with Crippen molar-refractivity contribution >= 4 is 5.91 Å². The van der Waals surface area contributed by atoms with E-state index in [0.29, 0.717) is 6.42 Å². The number of hydrogen-bond acceptors (Lipinski definition) is 4. The Morgan fingerprint density at radius 1 is 1.10 bits per heavy atom. The quantitative estimate of drug-likeness (QED) is 0.604. The van der Waals surface area contributed by atoms with Gasteiger partial charge < -0.3 is 10.1 Å². The Bertz CT molecular complexity index is 1000. The van der Waals surface area contributed by atoms with Gasteiger partial charge in [-0.3, -0.25) is 9.89 Å². The molecule has 0 bridgehead atoms. The molecule has 0 fully saturated rings. The molecule has 0 aliphatic rings. The van der Waals surface area contributed by atoms with Crippen molar-refractivity contribution in [2.75, 3.05) is 6.61 Å². The lowest BCUT2D eigenvalue weighted by atomic mass is 9.97. The zero-order valence-corrected chi connectivity index (χ0v) is 16.5. The number of aromatic amines is 1. The Morgan fingerprint density at radius 3 is 2.53 bits per heavy atom. The van der Waals surface area contributed by atoms with Gasteiger partial charge in [0, 0.05) is 29.3 Å². The number of nitrogens with zero attached hydrogens (tertiary/aromatic N) is 2. The van der Waals surface area contributed by atoms with Crippen LogP contribution in [0, 0.1) is 0 Å². The summed E-state index contributed by atoms with van der Waals surface area (Å²) in [6.07, 6.45) is -4.02. The number of pyridine rings is 1. The Morgan fingerprint density at radius 2 is 1.83 bits per heavy atom. The van der Waals surface area contributed by atoms with Crippen LogP contribution >= 0.6 is 0 Å². The second kappa shape index (κ2) is 8.56. The first-order chi connectivity index (χ1) is 14.1. The van der Waals surface area contributed by atoms with Gasteiger partial charge in [-0.15, -0.1) is 0 Å². The second-order valence-corrected chi connectivity index (χ2v) is 7.42. The molecular formula is C21H21F3N4O2. The second-order valence-electron chi connectivity index (χ2n) is 7.42. The first kappa shape index (κ1) is 21.4. The van der Waals surface area contributed by atoms with Crippen molar-refractivity contribution in [2.24, 2.45) is 0 Å².